The van der Waals surface area contributed by atoms with Crippen LogP contribution in [0, 0.1) is 5.92 Å². The van der Waals surface area contributed by atoms with E-state index < -0.39 is 18.0 Å². The summed E-state index contributed by atoms with van der Waals surface area (Å²) < 4.78 is 0. The molecule has 0 saturated carbocycles. The van der Waals surface area contributed by atoms with E-state index in [1.165, 1.54) is 0 Å². The minimum Gasteiger partial charge on any atom is -0.481 e. The normalized spacial score (nSPS) is 15.5. The van der Waals surface area contributed by atoms with Crippen LogP contribution in [0.1, 0.15) is 13.8 Å². The van der Waals surface area contributed by atoms with E-state index in [4.69, 9.17) is 10.2 Å². The van der Waals surface area contributed by atoms with Gasteiger partial charge in [0.15, 0.2) is 0 Å². The molecule has 84 valence electrons. The van der Waals surface area contributed by atoms with Gasteiger partial charge in [-0.1, -0.05) is 13.8 Å². The second-order valence-electron chi connectivity index (χ2n) is 3.43. The second-order valence-corrected chi connectivity index (χ2v) is 3.43. The molecule has 0 fully saturated rings. The van der Waals surface area contributed by atoms with Crippen LogP contribution in [0.4, 0.5) is 0 Å². The van der Waals surface area contributed by atoms with Crippen molar-refractivity contribution in [2.75, 3.05) is 26.2 Å². The molecule has 2 unspecified atom stereocenters. The second kappa shape index (κ2) is 6.75. The molecule has 0 saturated heterocycles. The summed E-state index contributed by atoms with van der Waals surface area (Å²) in [6.45, 7) is 4.58. The Morgan fingerprint density at radius 2 is 2.00 bits per heavy atom. The Kier molecular flexibility index (Phi) is 6.44. The molecule has 14 heavy (non-hydrogen) atoms. The predicted octanol–water partition coefficient (Wildman–Crippen LogP) is -0.618. The highest BCUT2D eigenvalue weighted by Gasteiger charge is 2.16. The van der Waals surface area contributed by atoms with Crippen molar-refractivity contribution in [3.05, 3.63) is 0 Å². The van der Waals surface area contributed by atoms with E-state index in [1.54, 1.807) is 11.8 Å². The Morgan fingerprint density at radius 1 is 1.43 bits per heavy atom. The number of aliphatic carboxylic acids is 1. The molecule has 0 aromatic carbocycles. The first kappa shape index (κ1) is 13.4. The van der Waals surface area contributed by atoms with Gasteiger partial charge in [0, 0.05) is 13.1 Å². The number of carbonyl (C=O) groups is 1. The molecule has 0 bridgehead atoms. The van der Waals surface area contributed by atoms with E-state index in [0.29, 0.717) is 19.6 Å². The fourth-order valence-electron chi connectivity index (χ4n) is 1.15. The standard InChI is InChI=1S/C9H19NO4/c1-3-10(5-8(12)6-11)4-7(2)9(13)14/h7-8,11-12H,3-6H2,1-2H3,(H,13,14). The van der Waals surface area contributed by atoms with Crippen molar-refractivity contribution >= 4 is 5.97 Å². The molecule has 0 spiro atoms. The Balaban J connectivity index is 3.96. The number of rotatable bonds is 7. The van der Waals surface area contributed by atoms with Gasteiger partial charge in [-0.3, -0.25) is 4.79 Å². The van der Waals surface area contributed by atoms with Crippen molar-refractivity contribution < 1.29 is 20.1 Å². The first-order valence-electron chi connectivity index (χ1n) is 4.75. The van der Waals surface area contributed by atoms with Crippen LogP contribution in [0.2, 0.25) is 0 Å². The zero-order chi connectivity index (χ0) is 11.1. The lowest BCUT2D eigenvalue weighted by Gasteiger charge is -2.24. The number of aliphatic hydroxyl groups is 2. The third-order valence-corrected chi connectivity index (χ3v) is 2.08. The fraction of sp³-hybridized carbons (Fsp3) is 0.889. The SMILES string of the molecule is CCN(CC(O)CO)CC(C)C(=O)O. The Labute approximate surface area is 84.0 Å². The monoisotopic (exact) mass is 205 g/mol. The lowest BCUT2D eigenvalue weighted by molar-refractivity contribution is -0.141. The van der Waals surface area contributed by atoms with E-state index in [2.05, 4.69) is 0 Å². The third-order valence-electron chi connectivity index (χ3n) is 2.08. The zero-order valence-electron chi connectivity index (χ0n) is 8.68. The molecule has 5 heteroatoms. The van der Waals surface area contributed by atoms with E-state index in [1.807, 2.05) is 6.92 Å². The molecule has 3 N–H and O–H groups in total. The Hall–Kier alpha value is -0.650. The van der Waals surface area contributed by atoms with Crippen molar-refractivity contribution in [3.8, 4) is 0 Å². The van der Waals surface area contributed by atoms with Gasteiger partial charge in [0.25, 0.3) is 0 Å². The topological polar surface area (TPSA) is 81.0 Å². The summed E-state index contributed by atoms with van der Waals surface area (Å²) in [5, 5.41) is 26.5. The van der Waals surface area contributed by atoms with E-state index >= 15 is 0 Å². The van der Waals surface area contributed by atoms with Crippen molar-refractivity contribution in [2.45, 2.75) is 20.0 Å². The van der Waals surface area contributed by atoms with Crippen LogP contribution in [0.5, 0.6) is 0 Å². The van der Waals surface area contributed by atoms with Gasteiger partial charge in [-0.05, 0) is 6.54 Å². The van der Waals surface area contributed by atoms with Crippen LogP contribution >= 0.6 is 0 Å². The zero-order valence-corrected chi connectivity index (χ0v) is 8.68. The minimum atomic E-state index is -0.845. The molecule has 2 atom stereocenters. The number of carboxylic acid groups (broad SMARTS) is 1. The summed E-state index contributed by atoms with van der Waals surface area (Å²) in [5.41, 5.74) is 0. The summed E-state index contributed by atoms with van der Waals surface area (Å²) in [4.78, 5) is 12.4. The molecule has 0 rings (SSSR count). The molecule has 0 aliphatic rings. The van der Waals surface area contributed by atoms with E-state index in [9.17, 15) is 9.90 Å². The van der Waals surface area contributed by atoms with Crippen LogP contribution in [0.15, 0.2) is 0 Å². The van der Waals surface area contributed by atoms with Crippen LogP contribution < -0.4 is 0 Å². The summed E-state index contributed by atoms with van der Waals surface area (Å²) in [7, 11) is 0. The molecule has 0 radical (unpaired) electrons. The molecule has 0 aromatic heterocycles. The molecule has 0 aliphatic carbocycles. The molecule has 0 aromatic rings. The lowest BCUT2D eigenvalue weighted by Crippen LogP contribution is -2.38. The summed E-state index contributed by atoms with van der Waals surface area (Å²) in [6, 6.07) is 0. The molecule has 5 nitrogen and oxygen atoms in total. The molecule has 0 amide bonds. The van der Waals surface area contributed by atoms with Gasteiger partial charge in [0.05, 0.1) is 18.6 Å². The van der Waals surface area contributed by atoms with Crippen LogP contribution in [0.3, 0.4) is 0 Å². The van der Waals surface area contributed by atoms with Gasteiger partial charge in [0.1, 0.15) is 0 Å². The first-order valence-corrected chi connectivity index (χ1v) is 4.75. The average Bonchev–Trinajstić information content (AvgIpc) is 2.16. The summed E-state index contributed by atoms with van der Waals surface area (Å²) >= 11 is 0. The van der Waals surface area contributed by atoms with Crippen LogP contribution in [-0.2, 0) is 4.79 Å². The number of hydrogen-bond donors (Lipinski definition) is 3. The predicted molar refractivity (Wildman–Crippen MR) is 52.0 cm³/mol. The van der Waals surface area contributed by atoms with Crippen molar-refractivity contribution in [1.29, 1.82) is 0 Å². The van der Waals surface area contributed by atoms with Gasteiger partial charge >= 0.3 is 5.97 Å². The maximum Gasteiger partial charge on any atom is 0.307 e. The maximum absolute atomic E-state index is 10.6. The summed E-state index contributed by atoms with van der Waals surface area (Å²) in [6.07, 6.45) is -0.795. The number of carboxylic acids is 1. The average molecular weight is 205 g/mol. The van der Waals surface area contributed by atoms with Gasteiger partial charge in [-0.25, -0.2) is 0 Å². The fourth-order valence-corrected chi connectivity index (χ4v) is 1.15. The molecule has 0 aliphatic heterocycles. The molecular formula is C9H19NO4. The highest BCUT2D eigenvalue weighted by Crippen LogP contribution is 2.01. The Morgan fingerprint density at radius 3 is 2.36 bits per heavy atom. The number of aliphatic hydroxyl groups excluding tert-OH is 2. The number of nitrogens with zero attached hydrogens (tertiary/aromatic N) is 1. The van der Waals surface area contributed by atoms with E-state index in [0.717, 1.165) is 0 Å². The maximum atomic E-state index is 10.6. The van der Waals surface area contributed by atoms with Gasteiger partial charge in [-0.2, -0.15) is 0 Å². The van der Waals surface area contributed by atoms with Crippen LogP contribution in [0.25, 0.3) is 0 Å². The van der Waals surface area contributed by atoms with Gasteiger partial charge < -0.3 is 20.2 Å². The van der Waals surface area contributed by atoms with Gasteiger partial charge in [0.2, 0.25) is 0 Å². The highest BCUT2D eigenvalue weighted by molar-refractivity contribution is 5.69. The Bertz CT molecular complexity index is 174. The van der Waals surface area contributed by atoms with Crippen LogP contribution in [-0.4, -0.2) is 58.5 Å². The lowest BCUT2D eigenvalue weighted by atomic mass is 10.1. The van der Waals surface area contributed by atoms with Gasteiger partial charge in [-0.15, -0.1) is 0 Å². The van der Waals surface area contributed by atoms with Crippen molar-refractivity contribution in [2.24, 2.45) is 5.92 Å². The van der Waals surface area contributed by atoms with E-state index in [-0.39, 0.29) is 6.61 Å². The molecular weight excluding hydrogens is 186 g/mol. The number of hydrogen-bond acceptors (Lipinski definition) is 4. The smallest absolute Gasteiger partial charge is 0.307 e. The minimum absolute atomic E-state index is 0.294. The highest BCUT2D eigenvalue weighted by atomic mass is 16.4. The van der Waals surface area contributed by atoms with Crippen molar-refractivity contribution in [1.82, 2.24) is 4.90 Å². The molecule has 0 heterocycles. The van der Waals surface area contributed by atoms with Crippen molar-refractivity contribution in [3.63, 3.8) is 0 Å². The largest absolute Gasteiger partial charge is 0.481 e. The quantitative estimate of drug-likeness (QED) is 0.516. The summed E-state index contributed by atoms with van der Waals surface area (Å²) in [5.74, 6) is -1.30. The third kappa shape index (κ3) is 5.16. The number of likely N-dealkylation sites (N-methyl/N-ethyl adjacent to an activating group) is 1. The first-order chi connectivity index (χ1) is 6.51.